The lowest BCUT2D eigenvalue weighted by Crippen LogP contribution is -2.42. The van der Waals surface area contributed by atoms with Crippen molar-refractivity contribution >= 4 is 39.3 Å². The van der Waals surface area contributed by atoms with E-state index in [0.29, 0.717) is 64.3 Å². The van der Waals surface area contributed by atoms with Gasteiger partial charge in [-0.05, 0) is 88.1 Å². The number of aromatic nitrogens is 2. The van der Waals surface area contributed by atoms with Gasteiger partial charge in [0.2, 0.25) is 0 Å². The van der Waals surface area contributed by atoms with Crippen molar-refractivity contribution in [1.29, 1.82) is 10.5 Å². The Morgan fingerprint density at radius 3 is 1.81 bits per heavy atom. The minimum Gasteiger partial charge on any atom is -0.506 e. The molecule has 0 aliphatic carbocycles. The lowest BCUT2D eigenvalue weighted by molar-refractivity contribution is 0.0165. The molecule has 58 heavy (non-hydrogen) atoms. The number of amides is 1. The maximum atomic E-state index is 13.8. The van der Waals surface area contributed by atoms with Crippen molar-refractivity contribution in [2.45, 2.75) is 39.2 Å². The molecule has 5 N–H and O–H groups in total. The number of fused-ring (bicyclic) bond motifs is 2. The van der Waals surface area contributed by atoms with Crippen LogP contribution in [0.15, 0.2) is 85.2 Å². The number of pyridine rings is 2. The van der Waals surface area contributed by atoms with Gasteiger partial charge in [0.1, 0.15) is 63.9 Å². The molecule has 3 heterocycles. The number of ether oxygens (including phenoxy) is 4. The van der Waals surface area contributed by atoms with E-state index in [1.165, 1.54) is 48.7 Å². The van der Waals surface area contributed by atoms with Gasteiger partial charge in [0.25, 0.3) is 0 Å². The number of aromatic hydroxyl groups is 1. The zero-order valence-corrected chi connectivity index (χ0v) is 31.8. The fourth-order valence-electron chi connectivity index (χ4n) is 5.99. The lowest BCUT2D eigenvalue weighted by Gasteiger charge is -2.33. The molecule has 6 aromatic rings. The van der Waals surface area contributed by atoms with Gasteiger partial charge in [-0.3, -0.25) is 9.97 Å². The third kappa shape index (κ3) is 9.69. The molecule has 0 bridgehead atoms. The summed E-state index contributed by atoms with van der Waals surface area (Å²) in [7, 11) is 0. The highest BCUT2D eigenvalue weighted by Gasteiger charge is 2.27. The van der Waals surface area contributed by atoms with Gasteiger partial charge in [-0.2, -0.15) is 10.5 Å². The molecule has 2 aromatic heterocycles. The summed E-state index contributed by atoms with van der Waals surface area (Å²) in [5.74, 6) is 0.751. The summed E-state index contributed by atoms with van der Waals surface area (Å²) in [5.41, 5.74) is 12.0. The second kappa shape index (κ2) is 17.2. The summed E-state index contributed by atoms with van der Waals surface area (Å²) >= 11 is 0. The minimum absolute atomic E-state index is 0.0311. The van der Waals surface area contributed by atoms with Gasteiger partial charge >= 0.3 is 6.09 Å². The second-order valence-electron chi connectivity index (χ2n) is 14.4. The van der Waals surface area contributed by atoms with Crippen LogP contribution in [-0.2, 0) is 4.74 Å². The molecule has 296 valence electrons. The van der Waals surface area contributed by atoms with Gasteiger partial charge in [-0.25, -0.2) is 13.6 Å². The molecule has 0 atom stereocenters. The van der Waals surface area contributed by atoms with Crippen molar-refractivity contribution < 1.29 is 37.6 Å². The molecule has 1 aliphatic rings. The van der Waals surface area contributed by atoms with E-state index in [9.17, 15) is 23.9 Å². The fourth-order valence-corrected chi connectivity index (χ4v) is 5.99. The number of halogens is 2. The molecule has 0 unspecified atom stereocenters. The van der Waals surface area contributed by atoms with E-state index in [2.05, 4.69) is 16.0 Å². The van der Waals surface area contributed by atoms with Crippen LogP contribution in [0.4, 0.5) is 25.0 Å². The van der Waals surface area contributed by atoms with E-state index in [1.54, 1.807) is 41.4 Å². The summed E-state index contributed by atoms with van der Waals surface area (Å²) in [6.07, 6.45) is 4.34. The number of nitrogens with two attached hydrogens (primary N) is 2. The molecule has 0 saturated carbocycles. The molecule has 0 spiro atoms. The molecule has 0 radical (unpaired) electrons. The van der Waals surface area contributed by atoms with Crippen molar-refractivity contribution in [3.8, 4) is 46.6 Å². The second-order valence-corrected chi connectivity index (χ2v) is 14.4. The van der Waals surface area contributed by atoms with Crippen LogP contribution >= 0.6 is 0 Å². The number of rotatable bonds is 7. The number of hydrogen-bond acceptors (Lipinski definition) is 12. The standard InChI is InChI=1S/C27H29FN4O4.C16H10FN3O2/c1-27(2,3)36-26(33)32-10-7-17(8-11-32)16-34-25-14-23-20(12-18(25)15-29)24(6-9-31-23)35-19-4-5-22(30)21(28)13-19;17-12-6-10(1-2-13(12)19)22-16-3-4-20-14-7-15(21)9(8-18)5-11(14)16/h4-6,9,12-14,17H,7-8,10-11,16,30H2,1-3H3;1-7,21H,19H2. The summed E-state index contributed by atoms with van der Waals surface area (Å²) < 4.78 is 50.3. The number of piperidine rings is 1. The Morgan fingerprint density at radius 1 is 0.793 bits per heavy atom. The first-order valence-corrected chi connectivity index (χ1v) is 18.1. The van der Waals surface area contributed by atoms with Crippen molar-refractivity contribution in [3.05, 3.63) is 108 Å². The fraction of sp³-hybridized carbons (Fsp3) is 0.233. The average molecular weight is 788 g/mol. The first-order chi connectivity index (χ1) is 27.7. The number of likely N-dealkylation sites (tertiary alicyclic amines) is 1. The van der Waals surface area contributed by atoms with Crippen LogP contribution < -0.4 is 25.7 Å². The molecule has 1 saturated heterocycles. The summed E-state index contributed by atoms with van der Waals surface area (Å²) in [5, 5.41) is 29.6. The zero-order valence-electron chi connectivity index (χ0n) is 31.8. The van der Waals surface area contributed by atoms with Crippen molar-refractivity contribution in [2.24, 2.45) is 5.92 Å². The highest BCUT2D eigenvalue weighted by molar-refractivity contribution is 5.89. The third-order valence-electron chi connectivity index (χ3n) is 9.00. The molecular weight excluding hydrogens is 749 g/mol. The molecule has 1 fully saturated rings. The van der Waals surface area contributed by atoms with Crippen LogP contribution in [0, 0.1) is 40.2 Å². The third-order valence-corrected chi connectivity index (χ3v) is 9.00. The Hall–Kier alpha value is -7.39. The number of anilines is 2. The highest BCUT2D eigenvalue weighted by Crippen LogP contribution is 2.35. The van der Waals surface area contributed by atoms with E-state index >= 15 is 0 Å². The van der Waals surface area contributed by atoms with E-state index in [-0.39, 0.29) is 46.2 Å². The Balaban J connectivity index is 0.000000220. The van der Waals surface area contributed by atoms with E-state index < -0.39 is 17.2 Å². The number of phenols is 1. The number of phenolic OH excluding ortho intramolecular Hbond substituents is 1. The maximum absolute atomic E-state index is 13.8. The largest absolute Gasteiger partial charge is 0.506 e. The van der Waals surface area contributed by atoms with Gasteiger partial charge in [0.15, 0.2) is 0 Å². The van der Waals surface area contributed by atoms with Crippen molar-refractivity contribution in [3.63, 3.8) is 0 Å². The summed E-state index contributed by atoms with van der Waals surface area (Å²) in [6.45, 7) is 7.17. The highest BCUT2D eigenvalue weighted by atomic mass is 19.1. The van der Waals surface area contributed by atoms with E-state index in [1.807, 2.05) is 26.8 Å². The minimum atomic E-state index is -0.578. The average Bonchev–Trinajstić information content (AvgIpc) is 3.19. The normalized spacial score (nSPS) is 12.8. The van der Waals surface area contributed by atoms with Crippen LogP contribution in [0.3, 0.4) is 0 Å². The maximum Gasteiger partial charge on any atom is 0.410 e. The van der Waals surface area contributed by atoms with Gasteiger partial charge < -0.3 is 40.4 Å². The SMILES string of the molecule is CC(C)(C)OC(=O)N1CCC(COc2cc3nccc(Oc4ccc(N)c(F)c4)c3cc2C#N)CC1.N#Cc1cc2c(Oc3ccc(N)c(F)c3)ccnc2cc1O. The molecule has 7 rings (SSSR count). The van der Waals surface area contributed by atoms with Crippen molar-refractivity contribution in [1.82, 2.24) is 14.9 Å². The quantitative estimate of drug-likeness (QED) is 0.130. The zero-order chi connectivity index (χ0) is 41.6. The predicted octanol–water partition coefficient (Wildman–Crippen LogP) is 8.97. The monoisotopic (exact) mass is 787 g/mol. The van der Waals surface area contributed by atoms with Crippen LogP contribution in [0.25, 0.3) is 21.8 Å². The molecule has 13 nitrogen and oxygen atoms in total. The van der Waals surface area contributed by atoms with Crippen LogP contribution in [-0.4, -0.2) is 51.4 Å². The van der Waals surface area contributed by atoms with E-state index in [0.717, 1.165) is 12.8 Å². The Kier molecular flexibility index (Phi) is 11.9. The summed E-state index contributed by atoms with van der Waals surface area (Å²) in [4.78, 5) is 22.5. The smallest absolute Gasteiger partial charge is 0.410 e. The number of nitriles is 2. The number of nitrogens with zero attached hydrogens (tertiary/aromatic N) is 5. The molecule has 1 aliphatic heterocycles. The Morgan fingerprint density at radius 2 is 1.31 bits per heavy atom. The van der Waals surface area contributed by atoms with Crippen molar-refractivity contribution in [2.75, 3.05) is 31.2 Å². The molecule has 1 amide bonds. The van der Waals surface area contributed by atoms with Crippen LogP contribution in [0.1, 0.15) is 44.7 Å². The first-order valence-electron chi connectivity index (χ1n) is 18.1. The number of benzene rings is 4. The number of carbonyl (C=O) groups is 1. The topological polar surface area (TPSA) is 203 Å². The summed E-state index contributed by atoms with van der Waals surface area (Å²) in [6, 6.07) is 21.8. The molecule has 4 aromatic carbocycles. The van der Waals surface area contributed by atoms with Gasteiger partial charge in [0.05, 0.1) is 40.1 Å². The Labute approximate surface area is 332 Å². The van der Waals surface area contributed by atoms with Gasteiger partial charge in [-0.1, -0.05) is 0 Å². The molecular formula is C43H39F2N7O6. The first kappa shape index (κ1) is 40.3. The van der Waals surface area contributed by atoms with Gasteiger partial charge in [0, 0.05) is 60.5 Å². The Bertz CT molecular complexity index is 2580. The van der Waals surface area contributed by atoms with E-state index in [4.69, 9.17) is 35.7 Å². The van der Waals surface area contributed by atoms with Gasteiger partial charge in [-0.15, -0.1) is 0 Å². The predicted molar refractivity (Wildman–Crippen MR) is 212 cm³/mol. The number of hydrogen-bond donors (Lipinski definition) is 3. The van der Waals surface area contributed by atoms with Crippen LogP contribution in [0.5, 0.6) is 34.5 Å². The number of carbonyl (C=O) groups excluding carboxylic acids is 1. The molecule has 15 heteroatoms. The number of nitrogen functional groups attached to an aromatic ring is 2. The lowest BCUT2D eigenvalue weighted by atomic mass is 9.98. The van der Waals surface area contributed by atoms with Crippen LogP contribution in [0.2, 0.25) is 0 Å².